The van der Waals surface area contributed by atoms with Gasteiger partial charge in [-0.3, -0.25) is 4.79 Å². The summed E-state index contributed by atoms with van der Waals surface area (Å²) >= 11 is 1.56. The SMILES string of the molecule is CCC1CCC(N(C(=O)Cc2csc(-c3ccc(C)o3)n2)C2CC2)CC1. The standard InChI is InChI=1S/C21H28N2O2S/c1-3-15-5-7-17(8-6-15)23(18-9-10-18)20(24)12-16-13-26-21(22-16)19-11-4-14(2)25-19/h4,11,13,15,17-18H,3,5-10,12H2,1-2H3. The zero-order valence-electron chi connectivity index (χ0n) is 15.7. The molecule has 2 aliphatic rings. The van der Waals surface area contributed by atoms with Gasteiger partial charge in [-0.2, -0.15) is 0 Å². The number of aryl methyl sites for hydroxylation is 1. The summed E-state index contributed by atoms with van der Waals surface area (Å²) in [5, 5.41) is 2.87. The normalized spacial score (nSPS) is 23.2. The van der Waals surface area contributed by atoms with E-state index in [1.54, 1.807) is 11.3 Å². The van der Waals surface area contributed by atoms with E-state index in [1.165, 1.54) is 44.9 Å². The van der Waals surface area contributed by atoms with Crippen LogP contribution in [0.25, 0.3) is 10.8 Å². The van der Waals surface area contributed by atoms with E-state index in [4.69, 9.17) is 4.42 Å². The average molecular weight is 373 g/mol. The molecule has 2 fully saturated rings. The van der Waals surface area contributed by atoms with Crippen molar-refractivity contribution >= 4 is 17.2 Å². The molecule has 26 heavy (non-hydrogen) atoms. The maximum atomic E-state index is 13.1. The molecule has 0 aliphatic heterocycles. The van der Waals surface area contributed by atoms with Crippen molar-refractivity contribution in [3.05, 3.63) is 29.0 Å². The van der Waals surface area contributed by atoms with Crippen molar-refractivity contribution in [3.63, 3.8) is 0 Å². The molecule has 0 bridgehead atoms. The Bertz CT molecular complexity index is 754. The van der Waals surface area contributed by atoms with Crippen LogP contribution < -0.4 is 0 Å². The van der Waals surface area contributed by atoms with Crippen molar-refractivity contribution < 1.29 is 9.21 Å². The molecule has 0 unspecified atom stereocenters. The highest BCUT2D eigenvalue weighted by Gasteiger charge is 2.38. The van der Waals surface area contributed by atoms with Gasteiger partial charge < -0.3 is 9.32 Å². The van der Waals surface area contributed by atoms with Crippen LogP contribution in [0.1, 0.15) is 63.3 Å². The molecular formula is C21H28N2O2S. The average Bonchev–Trinajstić information content (AvgIpc) is 3.19. The Kier molecular flexibility index (Phi) is 5.16. The fourth-order valence-electron chi connectivity index (χ4n) is 4.19. The predicted octanol–water partition coefficient (Wildman–Crippen LogP) is 5.21. The molecule has 2 aromatic rings. The van der Waals surface area contributed by atoms with Gasteiger partial charge in [0.15, 0.2) is 10.8 Å². The van der Waals surface area contributed by atoms with E-state index in [2.05, 4.69) is 16.8 Å². The third-order valence-corrected chi connectivity index (χ3v) is 6.76. The summed E-state index contributed by atoms with van der Waals surface area (Å²) in [6.45, 7) is 4.22. The van der Waals surface area contributed by atoms with Gasteiger partial charge in [0.1, 0.15) is 5.76 Å². The molecule has 1 amide bonds. The number of hydrogen-bond acceptors (Lipinski definition) is 4. The summed E-state index contributed by atoms with van der Waals surface area (Å²) in [5.74, 6) is 2.80. The van der Waals surface area contributed by atoms with Crippen molar-refractivity contribution in [1.29, 1.82) is 0 Å². The lowest BCUT2D eigenvalue weighted by atomic mass is 9.83. The van der Waals surface area contributed by atoms with E-state index < -0.39 is 0 Å². The summed E-state index contributed by atoms with van der Waals surface area (Å²) < 4.78 is 5.65. The quantitative estimate of drug-likeness (QED) is 0.699. The third-order valence-electron chi connectivity index (χ3n) is 5.85. The molecule has 0 spiro atoms. The van der Waals surface area contributed by atoms with Crippen LogP contribution in [0.4, 0.5) is 0 Å². The van der Waals surface area contributed by atoms with Gasteiger partial charge >= 0.3 is 0 Å². The van der Waals surface area contributed by atoms with Crippen molar-refractivity contribution in [2.24, 2.45) is 5.92 Å². The molecule has 0 atom stereocenters. The van der Waals surface area contributed by atoms with Crippen molar-refractivity contribution in [2.75, 3.05) is 0 Å². The Morgan fingerprint density at radius 3 is 2.46 bits per heavy atom. The Labute approximate surface area is 159 Å². The van der Waals surface area contributed by atoms with Crippen LogP contribution in [-0.4, -0.2) is 27.9 Å². The van der Waals surface area contributed by atoms with Crippen LogP contribution >= 0.6 is 11.3 Å². The van der Waals surface area contributed by atoms with E-state index in [0.29, 0.717) is 18.5 Å². The first kappa shape index (κ1) is 17.8. The first-order chi connectivity index (χ1) is 12.6. The van der Waals surface area contributed by atoms with Crippen LogP contribution in [0.3, 0.4) is 0 Å². The maximum absolute atomic E-state index is 13.1. The number of nitrogens with zero attached hydrogens (tertiary/aromatic N) is 2. The van der Waals surface area contributed by atoms with Gasteiger partial charge in [0.25, 0.3) is 0 Å². The molecule has 2 aliphatic carbocycles. The molecule has 0 radical (unpaired) electrons. The Hall–Kier alpha value is -1.62. The lowest BCUT2D eigenvalue weighted by molar-refractivity contribution is -0.134. The molecule has 2 saturated carbocycles. The van der Waals surface area contributed by atoms with Crippen LogP contribution in [0.2, 0.25) is 0 Å². The zero-order valence-corrected chi connectivity index (χ0v) is 16.6. The van der Waals surface area contributed by atoms with Crippen molar-refractivity contribution in [2.45, 2.75) is 77.3 Å². The second-order valence-corrected chi connectivity index (χ2v) is 8.70. The summed E-state index contributed by atoms with van der Waals surface area (Å²) in [7, 11) is 0. The second kappa shape index (κ2) is 7.55. The highest BCUT2D eigenvalue weighted by molar-refractivity contribution is 7.13. The summed E-state index contributed by atoms with van der Waals surface area (Å²) in [5.41, 5.74) is 0.872. The van der Waals surface area contributed by atoms with Crippen LogP contribution in [0, 0.1) is 12.8 Å². The maximum Gasteiger partial charge on any atom is 0.229 e. The molecule has 4 nitrogen and oxygen atoms in total. The van der Waals surface area contributed by atoms with Crippen molar-refractivity contribution in [1.82, 2.24) is 9.88 Å². The lowest BCUT2D eigenvalue weighted by Crippen LogP contribution is -2.44. The molecule has 0 aromatic carbocycles. The molecule has 0 N–H and O–H groups in total. The fourth-order valence-corrected chi connectivity index (χ4v) is 4.97. The molecule has 2 aromatic heterocycles. The smallest absolute Gasteiger partial charge is 0.229 e. The number of amides is 1. The number of thiazole rings is 1. The van der Waals surface area contributed by atoms with Crippen LogP contribution in [0.5, 0.6) is 0 Å². The summed E-state index contributed by atoms with van der Waals surface area (Å²) in [6.07, 6.45) is 8.94. The second-order valence-electron chi connectivity index (χ2n) is 7.85. The number of aromatic nitrogens is 1. The van der Waals surface area contributed by atoms with E-state index in [9.17, 15) is 4.79 Å². The number of rotatable bonds is 6. The molecule has 5 heteroatoms. The molecular weight excluding hydrogens is 344 g/mol. The molecule has 4 rings (SSSR count). The van der Waals surface area contributed by atoms with Gasteiger partial charge in [0.05, 0.1) is 12.1 Å². The Morgan fingerprint density at radius 2 is 1.88 bits per heavy atom. The number of furan rings is 1. The molecule has 0 saturated heterocycles. The number of carbonyl (C=O) groups excluding carboxylic acids is 1. The van der Waals surface area contributed by atoms with E-state index in [0.717, 1.165) is 28.1 Å². The highest BCUT2D eigenvalue weighted by Crippen LogP contribution is 2.36. The first-order valence-corrected chi connectivity index (χ1v) is 10.8. The summed E-state index contributed by atoms with van der Waals surface area (Å²) in [6, 6.07) is 4.83. The van der Waals surface area contributed by atoms with E-state index >= 15 is 0 Å². The van der Waals surface area contributed by atoms with Gasteiger partial charge in [0, 0.05) is 17.5 Å². The number of hydrogen-bond donors (Lipinski definition) is 0. The lowest BCUT2D eigenvalue weighted by Gasteiger charge is -2.37. The Balaban J connectivity index is 1.42. The largest absolute Gasteiger partial charge is 0.459 e. The van der Waals surface area contributed by atoms with E-state index in [1.807, 2.05) is 24.4 Å². The zero-order chi connectivity index (χ0) is 18.1. The van der Waals surface area contributed by atoms with Gasteiger partial charge in [-0.1, -0.05) is 13.3 Å². The van der Waals surface area contributed by atoms with Crippen molar-refractivity contribution in [3.8, 4) is 10.8 Å². The Morgan fingerprint density at radius 1 is 1.19 bits per heavy atom. The van der Waals surface area contributed by atoms with Gasteiger partial charge in [-0.15, -0.1) is 11.3 Å². The third kappa shape index (κ3) is 3.88. The monoisotopic (exact) mass is 372 g/mol. The molecule has 140 valence electrons. The van der Waals surface area contributed by atoms with Gasteiger partial charge in [-0.05, 0) is 63.5 Å². The topological polar surface area (TPSA) is 46.3 Å². The summed E-state index contributed by atoms with van der Waals surface area (Å²) in [4.78, 5) is 19.9. The predicted molar refractivity (Wildman–Crippen MR) is 104 cm³/mol. The highest BCUT2D eigenvalue weighted by atomic mass is 32.1. The fraction of sp³-hybridized carbons (Fsp3) is 0.619. The van der Waals surface area contributed by atoms with Crippen LogP contribution in [-0.2, 0) is 11.2 Å². The van der Waals surface area contributed by atoms with Gasteiger partial charge in [-0.25, -0.2) is 4.98 Å². The van der Waals surface area contributed by atoms with Gasteiger partial charge in [0.2, 0.25) is 5.91 Å². The first-order valence-electron chi connectivity index (χ1n) is 9.96. The van der Waals surface area contributed by atoms with Crippen LogP contribution in [0.15, 0.2) is 21.9 Å². The number of carbonyl (C=O) groups is 1. The van der Waals surface area contributed by atoms with E-state index in [-0.39, 0.29) is 5.91 Å². The minimum atomic E-state index is 0.264. The minimum absolute atomic E-state index is 0.264. The minimum Gasteiger partial charge on any atom is -0.459 e. The molecule has 2 heterocycles.